The van der Waals surface area contributed by atoms with Crippen LogP contribution in [0.4, 0.5) is 13.2 Å². The van der Waals surface area contributed by atoms with Crippen LogP contribution in [0.1, 0.15) is 6.42 Å². The molecule has 0 amide bonds. The fraction of sp³-hybridized carbons (Fsp3) is 0.700. The number of Topliss-reactive ketones (excluding diaryl/α,β-unsaturated/α-hetero) is 1. The molecule has 3 rings (SSSR count). The zero-order valence-electron chi connectivity index (χ0n) is 8.58. The predicted octanol–water partition coefficient (Wildman–Crippen LogP) is 2.76. The van der Waals surface area contributed by atoms with Gasteiger partial charge in [0.25, 0.3) is 0 Å². The van der Waals surface area contributed by atoms with Gasteiger partial charge < -0.3 is 5.11 Å². The lowest BCUT2D eigenvalue weighted by molar-refractivity contribution is -0.127. The maximum atomic E-state index is 12.5. The zero-order chi connectivity index (χ0) is 12.4. The van der Waals surface area contributed by atoms with Crippen molar-refractivity contribution in [2.75, 3.05) is 11.5 Å². The first kappa shape index (κ1) is 11.8. The average molecular weight is 282 g/mol. The van der Waals surface area contributed by atoms with Gasteiger partial charge in [0, 0.05) is 17.1 Å². The highest BCUT2D eigenvalue weighted by Gasteiger charge is 2.69. The van der Waals surface area contributed by atoms with Crippen molar-refractivity contribution >= 4 is 29.3 Å². The van der Waals surface area contributed by atoms with Gasteiger partial charge in [-0.1, -0.05) is 0 Å². The molecule has 1 saturated heterocycles. The number of hydrogen-bond acceptors (Lipinski definition) is 4. The van der Waals surface area contributed by atoms with Crippen LogP contribution in [0.15, 0.2) is 11.3 Å². The largest absolute Gasteiger partial charge is 0.504 e. The highest BCUT2D eigenvalue weighted by molar-refractivity contribution is 8.22. The fourth-order valence-electron chi connectivity index (χ4n) is 2.67. The second-order valence-electron chi connectivity index (χ2n) is 4.40. The molecule has 0 bridgehead atoms. The predicted molar refractivity (Wildman–Crippen MR) is 60.0 cm³/mol. The van der Waals surface area contributed by atoms with Crippen LogP contribution in [0.5, 0.6) is 0 Å². The van der Waals surface area contributed by atoms with E-state index in [0.717, 1.165) is 11.5 Å². The number of alkyl halides is 3. The highest BCUT2D eigenvalue weighted by atomic mass is 32.2. The Morgan fingerprint density at radius 3 is 2.47 bits per heavy atom. The fourth-order valence-corrected chi connectivity index (χ4v) is 6.21. The molecule has 1 spiro atoms. The van der Waals surface area contributed by atoms with Crippen molar-refractivity contribution in [3.63, 3.8) is 0 Å². The quantitative estimate of drug-likeness (QED) is 0.547. The number of hydrogen-bond donors (Lipinski definition) is 1. The molecule has 0 aromatic carbocycles. The monoisotopic (exact) mass is 282 g/mol. The van der Waals surface area contributed by atoms with Crippen molar-refractivity contribution in [1.29, 1.82) is 0 Å². The first-order valence-electron chi connectivity index (χ1n) is 5.21. The van der Waals surface area contributed by atoms with Crippen LogP contribution in [0.2, 0.25) is 0 Å². The van der Waals surface area contributed by atoms with E-state index >= 15 is 0 Å². The molecule has 0 aromatic rings. The number of carbonyl (C=O) groups excluding carboxylic acids is 1. The summed E-state index contributed by atoms with van der Waals surface area (Å²) in [6.45, 7) is 0. The minimum atomic E-state index is -4.81. The Kier molecular flexibility index (Phi) is 2.34. The lowest BCUT2D eigenvalue weighted by atomic mass is 10.1. The lowest BCUT2D eigenvalue weighted by Crippen LogP contribution is -2.30. The molecule has 0 unspecified atom stereocenters. The van der Waals surface area contributed by atoms with E-state index in [1.54, 1.807) is 0 Å². The molecular formula is C10H9F3O2S2. The van der Waals surface area contributed by atoms with Crippen LogP contribution in [0, 0.1) is 11.8 Å². The third kappa shape index (κ3) is 1.47. The summed E-state index contributed by atoms with van der Waals surface area (Å²) in [4.78, 5) is 12.1. The van der Waals surface area contributed by atoms with Crippen molar-refractivity contribution in [2.45, 2.75) is 16.7 Å². The molecule has 17 heavy (non-hydrogen) atoms. The van der Waals surface area contributed by atoms with Gasteiger partial charge in [-0.3, -0.25) is 4.79 Å². The van der Waals surface area contributed by atoms with Gasteiger partial charge in [0.2, 0.25) is 5.76 Å². The Bertz CT molecular complexity index is 424. The molecule has 3 aliphatic rings. The Morgan fingerprint density at radius 1 is 1.35 bits per heavy atom. The topological polar surface area (TPSA) is 37.3 Å². The molecule has 2 aliphatic carbocycles. The molecular weight excluding hydrogens is 273 g/mol. The van der Waals surface area contributed by atoms with E-state index in [1.807, 2.05) is 0 Å². The molecule has 1 heterocycles. The summed E-state index contributed by atoms with van der Waals surface area (Å²) < 4.78 is 36.7. The summed E-state index contributed by atoms with van der Waals surface area (Å²) in [6.07, 6.45) is -4.21. The summed E-state index contributed by atoms with van der Waals surface area (Å²) >= 11 is 2.89. The molecule has 0 aromatic heterocycles. The number of thioether (sulfide) groups is 2. The smallest absolute Gasteiger partial charge is 0.449 e. The summed E-state index contributed by atoms with van der Waals surface area (Å²) in [5.74, 6) is -0.963. The van der Waals surface area contributed by atoms with Gasteiger partial charge in [0.05, 0.1) is 0 Å². The Morgan fingerprint density at radius 2 is 1.94 bits per heavy atom. The van der Waals surface area contributed by atoms with Crippen LogP contribution in [0.25, 0.3) is 0 Å². The van der Waals surface area contributed by atoms with E-state index in [4.69, 9.17) is 0 Å². The summed E-state index contributed by atoms with van der Waals surface area (Å²) in [7, 11) is 0. The highest BCUT2D eigenvalue weighted by Crippen LogP contribution is 2.70. The molecule has 1 aliphatic heterocycles. The zero-order valence-corrected chi connectivity index (χ0v) is 10.2. The van der Waals surface area contributed by atoms with Gasteiger partial charge >= 0.3 is 6.18 Å². The summed E-state index contributed by atoms with van der Waals surface area (Å²) in [5.41, 5.74) is -0.371. The van der Waals surface area contributed by atoms with Crippen LogP contribution >= 0.6 is 23.5 Å². The average Bonchev–Trinajstić information content (AvgIpc) is 2.81. The number of allylic oxidation sites excluding steroid dienone is 2. The van der Waals surface area contributed by atoms with Crippen LogP contribution in [-0.2, 0) is 4.79 Å². The van der Waals surface area contributed by atoms with E-state index in [2.05, 4.69) is 0 Å². The van der Waals surface area contributed by atoms with E-state index in [1.165, 1.54) is 23.5 Å². The molecule has 1 N–H and O–H groups in total. The number of ketones is 1. The van der Waals surface area contributed by atoms with Crippen molar-refractivity contribution in [3.8, 4) is 0 Å². The number of aliphatic hydroxyl groups is 1. The van der Waals surface area contributed by atoms with Gasteiger partial charge in [0.1, 0.15) is 4.08 Å². The number of carbonyl (C=O) groups is 1. The van der Waals surface area contributed by atoms with E-state index < -0.39 is 21.8 Å². The van der Waals surface area contributed by atoms with Crippen LogP contribution in [0.3, 0.4) is 0 Å². The van der Waals surface area contributed by atoms with Crippen molar-refractivity contribution in [3.05, 3.63) is 11.3 Å². The maximum Gasteiger partial charge on any atom is 0.449 e. The molecule has 3 fully saturated rings. The first-order chi connectivity index (χ1) is 7.88. The molecule has 2 saturated carbocycles. The third-order valence-electron chi connectivity index (χ3n) is 3.45. The molecule has 94 valence electrons. The van der Waals surface area contributed by atoms with Crippen molar-refractivity contribution < 1.29 is 23.1 Å². The SMILES string of the molecule is O=C1/C(=C(\O)C(F)(F)F)[C@H]2C[C@H]2C12SCCS2. The Balaban J connectivity index is 2.03. The summed E-state index contributed by atoms with van der Waals surface area (Å²) in [6, 6.07) is 0. The first-order valence-corrected chi connectivity index (χ1v) is 7.18. The Hall–Kier alpha value is -0.300. The molecule has 2 nitrogen and oxygen atoms in total. The lowest BCUT2D eigenvalue weighted by Gasteiger charge is -2.21. The van der Waals surface area contributed by atoms with Crippen molar-refractivity contribution in [1.82, 2.24) is 0 Å². The second-order valence-corrected chi connectivity index (χ2v) is 7.34. The number of aliphatic hydroxyl groups excluding tert-OH is 1. The Labute approximate surface area is 104 Å². The molecule has 7 heteroatoms. The maximum absolute atomic E-state index is 12.5. The molecule has 2 atom stereocenters. The number of halogens is 3. The van der Waals surface area contributed by atoms with Gasteiger partial charge in [-0.05, 0) is 18.3 Å². The minimum Gasteiger partial charge on any atom is -0.504 e. The molecule has 0 radical (unpaired) electrons. The van der Waals surface area contributed by atoms with Gasteiger partial charge in [-0.2, -0.15) is 13.2 Å². The van der Waals surface area contributed by atoms with Crippen molar-refractivity contribution in [2.24, 2.45) is 11.8 Å². The van der Waals surface area contributed by atoms with E-state index in [0.29, 0.717) is 6.42 Å². The summed E-state index contributed by atoms with van der Waals surface area (Å²) in [5, 5.41) is 9.21. The normalized spacial score (nSPS) is 37.5. The van der Waals surface area contributed by atoms with Gasteiger partial charge in [0.15, 0.2) is 5.78 Å². The second kappa shape index (κ2) is 3.38. The van der Waals surface area contributed by atoms with E-state index in [-0.39, 0.29) is 17.4 Å². The third-order valence-corrected chi connectivity index (χ3v) is 7.07. The van der Waals surface area contributed by atoms with E-state index in [9.17, 15) is 23.1 Å². The number of fused-ring (bicyclic) bond motifs is 2. The van der Waals surface area contributed by atoms with Crippen LogP contribution in [-0.4, -0.2) is 32.7 Å². The standard InChI is InChI=1S/C10H9F3O2S2/c11-10(12,13)8(15)6-4-3-5(4)9(7(6)14)16-1-2-17-9/h4-5,15H,1-3H2/b8-6-/t4-,5+/m0/s1. The van der Waals surface area contributed by atoms with Gasteiger partial charge in [-0.15, -0.1) is 23.5 Å². The number of rotatable bonds is 0. The van der Waals surface area contributed by atoms with Crippen LogP contribution < -0.4 is 0 Å². The minimum absolute atomic E-state index is 0.00741. The van der Waals surface area contributed by atoms with Gasteiger partial charge in [-0.25, -0.2) is 0 Å².